The Morgan fingerprint density at radius 1 is 1.28 bits per heavy atom. The van der Waals surface area contributed by atoms with E-state index in [1.807, 2.05) is 19.1 Å². The van der Waals surface area contributed by atoms with Crippen molar-refractivity contribution in [3.05, 3.63) is 0 Å². The van der Waals surface area contributed by atoms with Gasteiger partial charge in [-0.2, -0.15) is 20.8 Å². The Morgan fingerprint density at radius 3 is 2.11 bits per heavy atom. The van der Waals surface area contributed by atoms with Gasteiger partial charge in [0.05, 0.1) is 12.1 Å². The number of nitriles is 2. The van der Waals surface area contributed by atoms with E-state index < -0.39 is 17.2 Å². The standard InChI is InChI=1S/C12H18N4O2/c1-5-11(2,8-13)15-16-12(3,9-14)6-10(7-17)18-4/h7,10H,5-6H2,1-4H3. The van der Waals surface area contributed by atoms with Crippen LogP contribution in [0.3, 0.4) is 0 Å². The predicted octanol–water partition coefficient (Wildman–Crippen LogP) is 2.02. The molecule has 0 aliphatic carbocycles. The van der Waals surface area contributed by atoms with Crippen molar-refractivity contribution in [3.8, 4) is 12.1 Å². The average Bonchev–Trinajstić information content (AvgIpc) is 2.42. The number of aldehydes is 1. The molecule has 3 atom stereocenters. The second-order valence-corrected chi connectivity index (χ2v) is 4.44. The largest absolute Gasteiger partial charge is 0.374 e. The fourth-order valence-corrected chi connectivity index (χ4v) is 1.08. The number of hydrogen-bond donors (Lipinski definition) is 0. The molecule has 0 heterocycles. The zero-order valence-electron chi connectivity index (χ0n) is 11.2. The SMILES string of the molecule is CCC(C)(C#N)N=NC(C)(C#N)CC(C=O)OC. The van der Waals surface area contributed by atoms with Gasteiger partial charge in [0.1, 0.15) is 12.4 Å². The zero-order chi connectivity index (χ0) is 14.2. The number of methoxy groups -OCH3 is 1. The van der Waals surface area contributed by atoms with E-state index in [0.717, 1.165) is 0 Å². The van der Waals surface area contributed by atoms with E-state index in [1.165, 1.54) is 7.11 Å². The van der Waals surface area contributed by atoms with Crippen molar-refractivity contribution in [2.75, 3.05) is 7.11 Å². The van der Waals surface area contributed by atoms with Crippen LogP contribution in [0.25, 0.3) is 0 Å². The molecular formula is C12H18N4O2. The summed E-state index contributed by atoms with van der Waals surface area (Å²) < 4.78 is 4.90. The normalized spacial score (nSPS) is 19.2. The number of ether oxygens (including phenoxy) is 1. The first-order valence-electron chi connectivity index (χ1n) is 5.63. The number of rotatable bonds is 7. The van der Waals surface area contributed by atoms with Crippen molar-refractivity contribution in [3.63, 3.8) is 0 Å². The second-order valence-electron chi connectivity index (χ2n) is 4.44. The summed E-state index contributed by atoms with van der Waals surface area (Å²) in [6, 6.07) is 4.03. The van der Waals surface area contributed by atoms with Crippen LogP contribution in [0, 0.1) is 22.7 Å². The smallest absolute Gasteiger partial charge is 0.167 e. The summed E-state index contributed by atoms with van der Waals surface area (Å²) in [6.07, 6.45) is 0.520. The molecule has 0 aliphatic rings. The van der Waals surface area contributed by atoms with Gasteiger partial charge in [-0.05, 0) is 20.3 Å². The van der Waals surface area contributed by atoms with E-state index in [-0.39, 0.29) is 6.42 Å². The summed E-state index contributed by atoms with van der Waals surface area (Å²) in [7, 11) is 1.39. The molecule has 0 bridgehead atoms. The van der Waals surface area contributed by atoms with E-state index in [0.29, 0.717) is 12.7 Å². The Kier molecular flexibility index (Phi) is 6.15. The Bertz CT molecular complexity index is 396. The van der Waals surface area contributed by atoms with Gasteiger partial charge in [-0.1, -0.05) is 6.92 Å². The highest BCUT2D eigenvalue weighted by Crippen LogP contribution is 2.22. The Balaban J connectivity index is 5.00. The van der Waals surface area contributed by atoms with Crippen LogP contribution in [0.15, 0.2) is 10.2 Å². The first kappa shape index (κ1) is 16.2. The van der Waals surface area contributed by atoms with Crippen molar-refractivity contribution in [2.45, 2.75) is 50.8 Å². The third-order valence-electron chi connectivity index (χ3n) is 2.71. The molecule has 0 aromatic rings. The second kappa shape index (κ2) is 6.83. The maximum atomic E-state index is 10.7. The van der Waals surface area contributed by atoms with Crippen LogP contribution in [-0.2, 0) is 9.53 Å². The fraction of sp³-hybridized carbons (Fsp3) is 0.750. The van der Waals surface area contributed by atoms with Crippen LogP contribution in [0.4, 0.5) is 0 Å². The summed E-state index contributed by atoms with van der Waals surface area (Å²) in [6.45, 7) is 5.01. The summed E-state index contributed by atoms with van der Waals surface area (Å²) in [4.78, 5) is 10.7. The Morgan fingerprint density at radius 2 is 1.78 bits per heavy atom. The topological polar surface area (TPSA) is 98.6 Å². The molecule has 0 aliphatic heterocycles. The van der Waals surface area contributed by atoms with Gasteiger partial charge in [-0.15, -0.1) is 0 Å². The van der Waals surface area contributed by atoms with Gasteiger partial charge < -0.3 is 9.53 Å². The van der Waals surface area contributed by atoms with E-state index in [2.05, 4.69) is 10.2 Å². The van der Waals surface area contributed by atoms with Gasteiger partial charge in [0, 0.05) is 13.5 Å². The molecule has 18 heavy (non-hydrogen) atoms. The maximum Gasteiger partial charge on any atom is 0.167 e. The lowest BCUT2D eigenvalue weighted by Gasteiger charge is -2.20. The molecule has 0 spiro atoms. The lowest BCUT2D eigenvalue weighted by Crippen LogP contribution is -2.29. The molecule has 0 rings (SSSR count). The first-order chi connectivity index (χ1) is 8.38. The van der Waals surface area contributed by atoms with Crippen LogP contribution in [0.1, 0.15) is 33.6 Å². The number of nitrogens with zero attached hydrogens (tertiary/aromatic N) is 4. The van der Waals surface area contributed by atoms with Crippen LogP contribution >= 0.6 is 0 Å². The van der Waals surface area contributed by atoms with Crippen LogP contribution in [0.5, 0.6) is 0 Å². The molecular weight excluding hydrogens is 232 g/mol. The van der Waals surface area contributed by atoms with E-state index in [9.17, 15) is 4.79 Å². The minimum atomic E-state index is -1.17. The van der Waals surface area contributed by atoms with Crippen molar-refractivity contribution < 1.29 is 9.53 Å². The molecule has 0 amide bonds. The molecule has 98 valence electrons. The molecule has 0 aromatic heterocycles. The Hall–Kier alpha value is -1.79. The summed E-state index contributed by atoms with van der Waals surface area (Å²) >= 11 is 0. The van der Waals surface area contributed by atoms with Gasteiger partial charge in [-0.25, -0.2) is 0 Å². The molecule has 0 aromatic carbocycles. The highest BCUT2D eigenvalue weighted by Gasteiger charge is 2.30. The molecule has 0 saturated heterocycles. The van der Waals surface area contributed by atoms with Gasteiger partial charge in [0.2, 0.25) is 0 Å². The first-order valence-corrected chi connectivity index (χ1v) is 5.63. The lowest BCUT2D eigenvalue weighted by molar-refractivity contribution is -0.117. The van der Waals surface area contributed by atoms with Gasteiger partial charge in [-0.3, -0.25) is 0 Å². The van der Waals surface area contributed by atoms with Crippen molar-refractivity contribution in [1.29, 1.82) is 10.5 Å². The van der Waals surface area contributed by atoms with Crippen molar-refractivity contribution in [2.24, 2.45) is 10.2 Å². The number of hydrogen-bond acceptors (Lipinski definition) is 6. The molecule has 0 saturated carbocycles. The third-order valence-corrected chi connectivity index (χ3v) is 2.71. The minimum Gasteiger partial charge on any atom is -0.374 e. The van der Waals surface area contributed by atoms with Crippen LogP contribution in [-0.4, -0.2) is 30.6 Å². The third kappa shape index (κ3) is 4.60. The monoisotopic (exact) mass is 250 g/mol. The highest BCUT2D eigenvalue weighted by molar-refractivity contribution is 5.56. The fourth-order valence-electron chi connectivity index (χ4n) is 1.08. The number of carbonyl (C=O) groups excluding carboxylic acids is 1. The summed E-state index contributed by atoms with van der Waals surface area (Å²) in [5.41, 5.74) is -2.11. The Labute approximate surface area is 107 Å². The van der Waals surface area contributed by atoms with Crippen LogP contribution in [0.2, 0.25) is 0 Å². The maximum absolute atomic E-state index is 10.7. The minimum absolute atomic E-state index is 0.109. The quantitative estimate of drug-likeness (QED) is 0.509. The molecule has 6 nitrogen and oxygen atoms in total. The van der Waals surface area contributed by atoms with Crippen molar-refractivity contribution in [1.82, 2.24) is 0 Å². The average molecular weight is 250 g/mol. The van der Waals surface area contributed by atoms with E-state index >= 15 is 0 Å². The molecule has 0 radical (unpaired) electrons. The van der Waals surface area contributed by atoms with Gasteiger partial charge in [0.15, 0.2) is 11.1 Å². The highest BCUT2D eigenvalue weighted by atomic mass is 16.5. The molecule has 0 N–H and O–H groups in total. The number of azo groups is 1. The van der Waals surface area contributed by atoms with E-state index in [4.69, 9.17) is 15.3 Å². The number of carbonyl (C=O) groups is 1. The molecule has 3 unspecified atom stereocenters. The van der Waals surface area contributed by atoms with Crippen LogP contribution < -0.4 is 0 Å². The lowest BCUT2D eigenvalue weighted by atomic mass is 9.97. The van der Waals surface area contributed by atoms with Gasteiger partial charge in [0.25, 0.3) is 0 Å². The van der Waals surface area contributed by atoms with E-state index in [1.54, 1.807) is 13.8 Å². The van der Waals surface area contributed by atoms with Gasteiger partial charge >= 0.3 is 0 Å². The molecule has 6 heteroatoms. The van der Waals surface area contributed by atoms with Crippen molar-refractivity contribution >= 4 is 6.29 Å². The zero-order valence-corrected chi connectivity index (χ0v) is 11.2. The molecule has 0 fully saturated rings. The summed E-state index contributed by atoms with van der Waals surface area (Å²) in [5.74, 6) is 0. The predicted molar refractivity (Wildman–Crippen MR) is 64.7 cm³/mol. The summed E-state index contributed by atoms with van der Waals surface area (Å²) in [5, 5.41) is 25.9.